The number of carbonyl (C=O) groups excluding carboxylic acids is 2. The summed E-state index contributed by atoms with van der Waals surface area (Å²) in [7, 11) is 1.55. The normalized spacial score (nSPS) is 17.2. The first-order valence-electron chi connectivity index (χ1n) is 9.97. The molecule has 4 rings (SSSR count). The first-order chi connectivity index (χ1) is 15.9. The second-order valence-corrected chi connectivity index (χ2v) is 7.37. The van der Waals surface area contributed by atoms with Crippen molar-refractivity contribution in [1.29, 1.82) is 0 Å². The molecule has 1 atom stereocenters. The molecule has 33 heavy (non-hydrogen) atoms. The number of aliphatic hydroxyl groups is 1. The minimum atomic E-state index is -0.917. The van der Waals surface area contributed by atoms with Crippen molar-refractivity contribution in [3.05, 3.63) is 105 Å². The van der Waals surface area contributed by atoms with Gasteiger partial charge in [0, 0.05) is 36.6 Å². The molecule has 1 N–H and O–H groups in total. The minimum absolute atomic E-state index is 0.0699. The van der Waals surface area contributed by atoms with Crippen LogP contribution in [0.2, 0.25) is 0 Å². The van der Waals surface area contributed by atoms with Crippen LogP contribution in [-0.4, -0.2) is 38.7 Å². The fourth-order valence-corrected chi connectivity index (χ4v) is 3.78. The van der Waals surface area contributed by atoms with Gasteiger partial charge < -0.3 is 14.7 Å². The third kappa shape index (κ3) is 4.16. The quantitative estimate of drug-likeness (QED) is 0.202. The minimum Gasteiger partial charge on any atom is -0.507 e. The average Bonchev–Trinajstić information content (AvgIpc) is 3.09. The van der Waals surface area contributed by atoms with Gasteiger partial charge in [0.25, 0.3) is 17.4 Å². The Morgan fingerprint density at radius 3 is 2.55 bits per heavy atom. The Kier molecular flexibility index (Phi) is 5.86. The van der Waals surface area contributed by atoms with E-state index in [4.69, 9.17) is 4.74 Å². The van der Waals surface area contributed by atoms with E-state index in [2.05, 4.69) is 4.98 Å². The molecule has 2 heterocycles. The second kappa shape index (κ2) is 8.91. The highest BCUT2D eigenvalue weighted by atomic mass is 16.6. The maximum atomic E-state index is 13.0. The van der Waals surface area contributed by atoms with E-state index in [1.807, 2.05) is 0 Å². The van der Waals surface area contributed by atoms with E-state index in [1.165, 1.54) is 29.3 Å². The third-order valence-electron chi connectivity index (χ3n) is 5.38. The van der Waals surface area contributed by atoms with Crippen molar-refractivity contribution in [1.82, 2.24) is 9.88 Å². The molecule has 9 nitrogen and oxygen atoms in total. The van der Waals surface area contributed by atoms with Crippen LogP contribution in [0.3, 0.4) is 0 Å². The Labute approximate surface area is 188 Å². The summed E-state index contributed by atoms with van der Waals surface area (Å²) < 4.78 is 5.16. The number of likely N-dealkylation sites (tertiary alicyclic amines) is 1. The van der Waals surface area contributed by atoms with E-state index in [1.54, 1.807) is 49.7 Å². The molecule has 0 spiro atoms. The summed E-state index contributed by atoms with van der Waals surface area (Å²) in [5, 5.41) is 22.2. The summed E-state index contributed by atoms with van der Waals surface area (Å²) in [4.78, 5) is 42.1. The number of Topliss-reactive ketones (excluding diaryl/α,β-unsaturated/α-hetero) is 1. The lowest BCUT2D eigenvalue weighted by molar-refractivity contribution is -0.384. The lowest BCUT2D eigenvalue weighted by Crippen LogP contribution is -2.29. The second-order valence-electron chi connectivity index (χ2n) is 7.37. The number of ketones is 1. The van der Waals surface area contributed by atoms with Gasteiger partial charge in [0.15, 0.2) is 0 Å². The lowest BCUT2D eigenvalue weighted by atomic mass is 9.96. The smallest absolute Gasteiger partial charge is 0.295 e. The van der Waals surface area contributed by atoms with Crippen LogP contribution >= 0.6 is 0 Å². The number of rotatable bonds is 6. The topological polar surface area (TPSA) is 123 Å². The fraction of sp³-hybridized carbons (Fsp3) is 0.125. The van der Waals surface area contributed by atoms with Gasteiger partial charge in [-0.25, -0.2) is 0 Å². The first kappa shape index (κ1) is 21.7. The first-order valence-corrected chi connectivity index (χ1v) is 9.97. The number of methoxy groups -OCH3 is 1. The number of nitro groups is 1. The molecule has 1 aliphatic rings. The number of pyridine rings is 1. The Balaban J connectivity index is 1.82. The van der Waals surface area contributed by atoms with Crippen LogP contribution < -0.4 is 4.74 Å². The largest absolute Gasteiger partial charge is 0.507 e. The van der Waals surface area contributed by atoms with Gasteiger partial charge in [-0.15, -0.1) is 0 Å². The molecule has 9 heteroatoms. The number of ether oxygens (including phenoxy) is 1. The van der Waals surface area contributed by atoms with Gasteiger partial charge in [0.1, 0.15) is 11.5 Å². The molecule has 0 radical (unpaired) electrons. The summed E-state index contributed by atoms with van der Waals surface area (Å²) in [5.41, 5.74) is 0.950. The molecular weight excluding hydrogens is 426 g/mol. The van der Waals surface area contributed by atoms with Gasteiger partial charge >= 0.3 is 0 Å². The van der Waals surface area contributed by atoms with E-state index >= 15 is 0 Å². The Morgan fingerprint density at radius 1 is 1.15 bits per heavy atom. The number of carbonyl (C=O) groups is 2. The van der Waals surface area contributed by atoms with Gasteiger partial charge in [0.05, 0.1) is 23.6 Å². The highest BCUT2D eigenvalue weighted by molar-refractivity contribution is 6.46. The number of benzene rings is 2. The van der Waals surface area contributed by atoms with Crippen LogP contribution in [0, 0.1) is 10.1 Å². The van der Waals surface area contributed by atoms with Crippen molar-refractivity contribution in [2.24, 2.45) is 0 Å². The standard InChI is InChI=1S/C24H19N3O6/c1-33-19-9-7-15(8-10-19)14-26-21(17-5-3-11-25-13-17)20(23(29)24(26)30)22(28)16-4-2-6-18(12-16)27(31)32/h2-13,21,28H,14H2,1H3/b22-20-. The molecule has 1 amide bonds. The predicted molar refractivity (Wildman–Crippen MR) is 118 cm³/mol. The zero-order valence-electron chi connectivity index (χ0n) is 17.5. The maximum Gasteiger partial charge on any atom is 0.295 e. The molecule has 0 bridgehead atoms. The van der Waals surface area contributed by atoms with Crippen LogP contribution in [0.5, 0.6) is 5.75 Å². The molecule has 2 aromatic carbocycles. The zero-order valence-corrected chi connectivity index (χ0v) is 17.5. The van der Waals surface area contributed by atoms with Gasteiger partial charge in [-0.05, 0) is 29.3 Å². The van der Waals surface area contributed by atoms with Gasteiger partial charge in [-0.3, -0.25) is 24.7 Å². The number of hydrogen-bond acceptors (Lipinski definition) is 7. The van der Waals surface area contributed by atoms with Crippen LogP contribution in [0.4, 0.5) is 5.69 Å². The summed E-state index contributed by atoms with van der Waals surface area (Å²) in [5.74, 6) is -1.49. The zero-order chi connectivity index (χ0) is 23.5. The number of non-ortho nitro benzene ring substituents is 1. The number of aliphatic hydroxyl groups excluding tert-OH is 1. The molecule has 166 valence electrons. The average molecular weight is 445 g/mol. The summed E-state index contributed by atoms with van der Waals surface area (Å²) in [6, 6.07) is 14.8. The van der Waals surface area contributed by atoms with E-state index in [9.17, 15) is 24.8 Å². The van der Waals surface area contributed by atoms with Crippen LogP contribution in [0.15, 0.2) is 78.6 Å². The molecule has 0 aliphatic carbocycles. The molecule has 0 saturated carbocycles. The molecule has 1 aromatic heterocycles. The Morgan fingerprint density at radius 2 is 1.91 bits per heavy atom. The van der Waals surface area contributed by atoms with Crippen molar-refractivity contribution < 1.29 is 24.4 Å². The van der Waals surface area contributed by atoms with Crippen LogP contribution in [-0.2, 0) is 16.1 Å². The summed E-state index contributed by atoms with van der Waals surface area (Å²) in [6.07, 6.45) is 3.07. The Bertz CT molecular complexity index is 1250. The number of nitrogens with zero attached hydrogens (tertiary/aromatic N) is 3. The lowest BCUT2D eigenvalue weighted by Gasteiger charge is -2.25. The van der Waals surface area contributed by atoms with E-state index in [-0.39, 0.29) is 23.4 Å². The molecular formula is C24H19N3O6. The number of nitro benzene ring substituents is 1. The third-order valence-corrected chi connectivity index (χ3v) is 5.38. The highest BCUT2D eigenvalue weighted by Gasteiger charge is 2.46. The van der Waals surface area contributed by atoms with Crippen molar-refractivity contribution in [3.8, 4) is 5.75 Å². The van der Waals surface area contributed by atoms with Gasteiger partial charge in [-0.1, -0.05) is 30.3 Å². The van der Waals surface area contributed by atoms with Gasteiger partial charge in [0.2, 0.25) is 0 Å². The fourth-order valence-electron chi connectivity index (χ4n) is 3.78. The van der Waals surface area contributed by atoms with Crippen molar-refractivity contribution in [3.63, 3.8) is 0 Å². The predicted octanol–water partition coefficient (Wildman–Crippen LogP) is 3.62. The molecule has 3 aromatic rings. The molecule has 1 unspecified atom stereocenters. The Hall–Kier alpha value is -4.53. The van der Waals surface area contributed by atoms with Gasteiger partial charge in [-0.2, -0.15) is 0 Å². The molecule has 1 aliphatic heterocycles. The SMILES string of the molecule is COc1ccc(CN2C(=O)C(=O)/C(=C(\O)c3cccc([N+](=O)[O-])c3)C2c2cccnc2)cc1. The van der Waals surface area contributed by atoms with Crippen LogP contribution in [0.1, 0.15) is 22.7 Å². The van der Waals surface area contributed by atoms with Crippen LogP contribution in [0.25, 0.3) is 5.76 Å². The monoisotopic (exact) mass is 445 g/mol. The van der Waals surface area contributed by atoms with Crippen molar-refractivity contribution >= 4 is 23.1 Å². The van der Waals surface area contributed by atoms with Crippen molar-refractivity contribution in [2.75, 3.05) is 7.11 Å². The maximum absolute atomic E-state index is 13.0. The number of amides is 1. The van der Waals surface area contributed by atoms with Crippen molar-refractivity contribution in [2.45, 2.75) is 12.6 Å². The van der Waals surface area contributed by atoms with E-state index < -0.39 is 28.4 Å². The number of aromatic nitrogens is 1. The summed E-state index contributed by atoms with van der Waals surface area (Å²) in [6.45, 7) is 0.0971. The summed E-state index contributed by atoms with van der Waals surface area (Å²) >= 11 is 0. The van der Waals surface area contributed by atoms with E-state index in [0.717, 1.165) is 11.6 Å². The van der Waals surface area contributed by atoms with E-state index in [0.29, 0.717) is 11.3 Å². The molecule has 1 saturated heterocycles. The number of hydrogen-bond donors (Lipinski definition) is 1. The highest BCUT2D eigenvalue weighted by Crippen LogP contribution is 2.40. The molecule has 1 fully saturated rings.